The number of aliphatic imine (C=N–C) groups is 1. The number of carbonyl (C=O) groups is 4. The van der Waals surface area contributed by atoms with Crippen molar-refractivity contribution >= 4 is 52.4 Å². The fourth-order valence-electron chi connectivity index (χ4n) is 10.3. The zero-order chi connectivity index (χ0) is 47.5. The minimum Gasteiger partial charge on any atom is -0.453 e. The molecule has 5 atom stereocenters. The lowest BCUT2D eigenvalue weighted by atomic mass is 9.84. The second-order valence-corrected chi connectivity index (χ2v) is 19.1. The Balaban J connectivity index is 1.13. The Morgan fingerprint density at radius 3 is 2.09 bits per heavy atom. The topological polar surface area (TPSA) is 171 Å². The van der Waals surface area contributed by atoms with Crippen LogP contribution in [0.4, 0.5) is 9.59 Å². The van der Waals surface area contributed by atoms with Crippen molar-refractivity contribution in [3.63, 3.8) is 0 Å². The number of aromatic nitrogens is 3. The Morgan fingerprint density at radius 1 is 0.791 bits per heavy atom. The lowest BCUT2D eigenvalue weighted by molar-refractivity contribution is -0.135. The largest absolute Gasteiger partial charge is 0.453 e. The molecule has 0 bridgehead atoms. The molecule has 3 N–H and O–H groups in total. The Bertz CT molecular complexity index is 2680. The smallest absolute Gasteiger partial charge is 0.407 e. The molecule has 4 amide bonds. The van der Waals surface area contributed by atoms with E-state index in [1.807, 2.05) is 56.0 Å². The maximum atomic E-state index is 14.1. The number of H-pyrrole nitrogens is 1. The molecule has 5 unspecified atom stereocenters. The number of benzene rings is 2. The molecular weight excluding hydrogens is 845 g/mol. The Morgan fingerprint density at radius 2 is 1.42 bits per heavy atom. The number of nitrogens with zero attached hydrogens (tertiary/aromatic N) is 5. The first kappa shape index (κ1) is 46.9. The number of methoxy groups -OCH3 is 2. The highest BCUT2D eigenvalue weighted by Crippen LogP contribution is 2.42. The quantitative estimate of drug-likeness (QED) is 0.134. The van der Waals surface area contributed by atoms with Crippen LogP contribution in [0.2, 0.25) is 0 Å². The summed E-state index contributed by atoms with van der Waals surface area (Å²) in [5, 5.41) is 6.48. The van der Waals surface area contributed by atoms with E-state index in [1.54, 1.807) is 0 Å². The molecule has 8 rings (SSSR count). The van der Waals surface area contributed by atoms with Crippen LogP contribution in [-0.2, 0) is 25.5 Å². The molecule has 2 fully saturated rings. The summed E-state index contributed by atoms with van der Waals surface area (Å²) in [7, 11) is 2.61. The van der Waals surface area contributed by atoms with Crippen molar-refractivity contribution in [1.82, 2.24) is 35.4 Å². The van der Waals surface area contributed by atoms with Gasteiger partial charge in [0.25, 0.3) is 0 Å². The number of amides is 4. The molecule has 3 aliphatic heterocycles. The number of allylic oxidation sites excluding steroid dienone is 4. The van der Waals surface area contributed by atoms with E-state index in [4.69, 9.17) is 24.4 Å². The number of fused-ring (bicyclic) bond motifs is 2. The number of hydrogen-bond donors (Lipinski definition) is 3. The molecule has 5 heterocycles. The third-order valence-corrected chi connectivity index (χ3v) is 13.8. The number of hydrogen-bond acceptors (Lipinski definition) is 9. The normalized spacial score (nSPS) is 20.9. The van der Waals surface area contributed by atoms with Crippen molar-refractivity contribution in [2.24, 2.45) is 22.7 Å². The minimum absolute atomic E-state index is 0.104. The van der Waals surface area contributed by atoms with E-state index in [0.717, 1.165) is 101 Å². The summed E-state index contributed by atoms with van der Waals surface area (Å²) >= 11 is 0. The van der Waals surface area contributed by atoms with Gasteiger partial charge in [-0.1, -0.05) is 94.8 Å². The van der Waals surface area contributed by atoms with Crippen LogP contribution in [0.1, 0.15) is 109 Å². The van der Waals surface area contributed by atoms with E-state index in [0.29, 0.717) is 18.9 Å². The second kappa shape index (κ2) is 20.1. The van der Waals surface area contributed by atoms with Gasteiger partial charge >= 0.3 is 12.2 Å². The first-order valence-corrected chi connectivity index (χ1v) is 23.8. The maximum absolute atomic E-state index is 14.1. The number of rotatable bonds is 11. The summed E-state index contributed by atoms with van der Waals surface area (Å²) in [4.78, 5) is 75.0. The zero-order valence-corrected chi connectivity index (χ0v) is 40.0. The predicted molar refractivity (Wildman–Crippen MR) is 262 cm³/mol. The number of alkyl carbamates (subject to hydrolysis) is 2. The van der Waals surface area contributed by atoms with Crippen LogP contribution in [0.25, 0.3) is 45.1 Å². The van der Waals surface area contributed by atoms with Gasteiger partial charge in [-0.2, -0.15) is 0 Å². The first-order valence-electron chi connectivity index (χ1n) is 23.8. The van der Waals surface area contributed by atoms with Gasteiger partial charge in [-0.05, 0) is 92.4 Å². The second-order valence-electron chi connectivity index (χ2n) is 19.1. The van der Waals surface area contributed by atoms with Crippen molar-refractivity contribution in [1.29, 1.82) is 0 Å². The average Bonchev–Trinajstić information content (AvgIpc) is 4.12. The fourth-order valence-corrected chi connectivity index (χ4v) is 10.3. The number of likely N-dealkylation sites (tertiary alicyclic amines) is 2. The number of carbonyl (C=O) groups excluding carboxylic acids is 4. The van der Waals surface area contributed by atoms with Crippen LogP contribution in [-0.4, -0.2) is 99.9 Å². The number of imidazole rings is 1. The van der Waals surface area contributed by atoms with Crippen LogP contribution in [0.15, 0.2) is 77.6 Å². The van der Waals surface area contributed by atoms with Gasteiger partial charge in [0.2, 0.25) is 11.8 Å². The molecule has 4 aromatic rings. The van der Waals surface area contributed by atoms with Gasteiger partial charge in [-0.3, -0.25) is 19.6 Å². The van der Waals surface area contributed by atoms with Crippen LogP contribution in [0, 0.1) is 17.8 Å². The van der Waals surface area contributed by atoms with Gasteiger partial charge in [-0.15, -0.1) is 0 Å². The van der Waals surface area contributed by atoms with Gasteiger partial charge in [0.05, 0.1) is 49.4 Å². The molecule has 67 heavy (non-hydrogen) atoms. The summed E-state index contributed by atoms with van der Waals surface area (Å²) in [6.07, 6.45) is 17.0. The van der Waals surface area contributed by atoms with Gasteiger partial charge in [0.1, 0.15) is 17.9 Å². The minimum atomic E-state index is -0.718. The lowest BCUT2D eigenvalue weighted by Crippen LogP contribution is -2.54. The molecule has 0 spiro atoms. The summed E-state index contributed by atoms with van der Waals surface area (Å²) in [5.74, 6) is 0.400. The van der Waals surface area contributed by atoms with Crippen molar-refractivity contribution in [3.05, 3.63) is 95.1 Å². The van der Waals surface area contributed by atoms with Crippen molar-refractivity contribution in [3.8, 4) is 22.4 Å². The average molecular weight is 909 g/mol. The SMILES string of the molecule is COC(=O)NC(C(=O)N1CCCC1C1=NC(c2ccc(-c3ccc(-c4cnc(C5CCCN5C(=O)C(NC(=O)OC)C(C)C)[nH]4)c4cccnc34)c3c2/C=C\C=C(C)CC3)=CC(C)C1)C(C)C. The molecular formula is C53H64N8O6. The number of nitrogens with one attached hydrogen (secondary N) is 3. The van der Waals surface area contributed by atoms with Crippen molar-refractivity contribution < 1.29 is 28.7 Å². The molecule has 2 saturated heterocycles. The molecule has 14 nitrogen and oxygen atoms in total. The van der Waals surface area contributed by atoms with Gasteiger partial charge in [0.15, 0.2) is 0 Å². The molecule has 0 saturated carbocycles. The predicted octanol–water partition coefficient (Wildman–Crippen LogP) is 9.44. The molecule has 1 aliphatic carbocycles. The highest BCUT2D eigenvalue weighted by Gasteiger charge is 2.40. The lowest BCUT2D eigenvalue weighted by Gasteiger charge is -2.33. The highest BCUT2D eigenvalue weighted by atomic mass is 16.5. The third kappa shape index (κ3) is 9.66. The van der Waals surface area contributed by atoms with Gasteiger partial charge in [0, 0.05) is 47.1 Å². The van der Waals surface area contributed by atoms with E-state index in [-0.39, 0.29) is 41.7 Å². The maximum Gasteiger partial charge on any atom is 0.407 e. The Kier molecular flexibility index (Phi) is 14.1. The molecule has 2 aromatic carbocycles. The standard InChI is InChI=1S/C53H64N8O6/c1-30(2)46(58-52(64)66-7)50(62)60-25-11-16-44(60)42-28-33(6)27-41(56-42)37-21-20-36(35-19-18-32(5)13-9-14-34(35)37)40-23-22-38(39-15-10-24-54-48(39)40)43-29-55-49(57-43)45-17-12-26-61(45)51(63)47(31(3)4)59-53(65)67-8/h9-10,13-15,20-24,27,29-31,33,44-47H,11-12,16-19,25-26,28H2,1-8H3,(H,55,57)(H,58,64)(H,59,65)/b14-9-,32-13?. The van der Waals surface area contributed by atoms with E-state index < -0.39 is 24.3 Å². The fraction of sp³-hybridized carbons (Fsp3) is 0.453. The summed E-state index contributed by atoms with van der Waals surface area (Å²) in [6.45, 7) is 13.3. The van der Waals surface area contributed by atoms with Crippen molar-refractivity contribution in [2.45, 2.75) is 111 Å². The van der Waals surface area contributed by atoms with E-state index >= 15 is 0 Å². The first-order chi connectivity index (χ1) is 32.3. The summed E-state index contributed by atoms with van der Waals surface area (Å²) in [6, 6.07) is 10.9. The van der Waals surface area contributed by atoms with E-state index in [1.165, 1.54) is 25.4 Å². The Hall–Kier alpha value is -6.57. The third-order valence-electron chi connectivity index (χ3n) is 13.8. The molecule has 14 heteroatoms. The van der Waals surface area contributed by atoms with Crippen LogP contribution in [0.5, 0.6) is 0 Å². The Labute approximate surface area is 393 Å². The summed E-state index contributed by atoms with van der Waals surface area (Å²) < 4.78 is 9.70. The molecule has 0 radical (unpaired) electrons. The van der Waals surface area contributed by atoms with Crippen LogP contribution < -0.4 is 10.6 Å². The van der Waals surface area contributed by atoms with Gasteiger partial charge in [-0.25, -0.2) is 14.6 Å². The van der Waals surface area contributed by atoms with Crippen molar-refractivity contribution in [2.75, 3.05) is 27.3 Å². The molecule has 2 aromatic heterocycles. The molecule has 4 aliphatic rings. The monoisotopic (exact) mass is 908 g/mol. The highest BCUT2D eigenvalue weighted by molar-refractivity contribution is 6.04. The number of aromatic amines is 1. The van der Waals surface area contributed by atoms with Crippen LogP contribution >= 0.6 is 0 Å². The number of pyridine rings is 1. The summed E-state index contributed by atoms with van der Waals surface area (Å²) in [5.41, 5.74) is 11.4. The zero-order valence-electron chi connectivity index (χ0n) is 40.0. The molecule has 352 valence electrons. The van der Waals surface area contributed by atoms with Crippen LogP contribution in [0.3, 0.4) is 0 Å². The van der Waals surface area contributed by atoms with Gasteiger partial charge < -0.3 is 34.9 Å². The van der Waals surface area contributed by atoms with E-state index in [2.05, 4.69) is 84.1 Å². The van der Waals surface area contributed by atoms with E-state index in [9.17, 15) is 19.2 Å². The number of ether oxygens (including phenoxy) is 2.